The number of piperazine rings is 1. The number of nitro groups is 1. The minimum Gasteiger partial charge on any atom is -0.363 e. The van der Waals surface area contributed by atoms with E-state index in [9.17, 15) is 23.3 Å². The fraction of sp³-hybridized carbons (Fsp3) is 0.278. The van der Waals surface area contributed by atoms with Crippen molar-refractivity contribution in [3.63, 3.8) is 0 Å². The highest BCUT2D eigenvalue weighted by Gasteiger charge is 2.30. The Labute approximate surface area is 162 Å². The number of carbonyl (C=O) groups is 1. The highest BCUT2D eigenvalue weighted by atomic mass is 32.2. The number of amides is 1. The molecule has 2 aromatic carbocycles. The molecule has 1 aliphatic heterocycles. The molecule has 1 N–H and O–H groups in total. The first kappa shape index (κ1) is 19.8. The Morgan fingerprint density at radius 2 is 1.64 bits per heavy atom. The molecule has 28 heavy (non-hydrogen) atoms. The van der Waals surface area contributed by atoms with Gasteiger partial charge in [0, 0.05) is 44.9 Å². The Kier molecular flexibility index (Phi) is 5.61. The number of para-hydroxylation sites is 2. The van der Waals surface area contributed by atoms with Gasteiger partial charge in [-0.15, -0.1) is 0 Å². The maximum atomic E-state index is 12.9. The van der Waals surface area contributed by atoms with Crippen LogP contribution < -0.4 is 10.2 Å². The van der Waals surface area contributed by atoms with Gasteiger partial charge in [0.1, 0.15) is 5.69 Å². The smallest absolute Gasteiger partial charge is 0.292 e. The van der Waals surface area contributed by atoms with Crippen LogP contribution >= 0.6 is 0 Å². The number of anilines is 2. The molecule has 0 spiro atoms. The maximum Gasteiger partial charge on any atom is 0.292 e. The van der Waals surface area contributed by atoms with Gasteiger partial charge in [-0.25, -0.2) is 8.42 Å². The number of hydrogen-bond acceptors (Lipinski definition) is 6. The number of hydrogen-bond donors (Lipinski definition) is 1. The molecule has 9 nitrogen and oxygen atoms in total. The summed E-state index contributed by atoms with van der Waals surface area (Å²) in [6, 6.07) is 12.4. The third-order valence-corrected chi connectivity index (χ3v) is 6.38. The molecule has 0 atom stereocenters. The molecule has 148 valence electrons. The lowest BCUT2D eigenvalue weighted by Crippen LogP contribution is -2.48. The highest BCUT2D eigenvalue weighted by molar-refractivity contribution is 7.89. The number of carbonyl (C=O) groups excluding carboxylic acids is 1. The van der Waals surface area contributed by atoms with Gasteiger partial charge in [-0.1, -0.05) is 12.1 Å². The zero-order chi connectivity index (χ0) is 20.3. The lowest BCUT2D eigenvalue weighted by molar-refractivity contribution is -0.384. The Morgan fingerprint density at radius 1 is 1.04 bits per heavy atom. The molecule has 0 unspecified atom stereocenters. The predicted octanol–water partition coefficient (Wildman–Crippen LogP) is 2.06. The average Bonchev–Trinajstić information content (AvgIpc) is 2.68. The molecular weight excluding hydrogens is 384 g/mol. The van der Waals surface area contributed by atoms with Crippen molar-refractivity contribution in [1.82, 2.24) is 4.31 Å². The van der Waals surface area contributed by atoms with Gasteiger partial charge >= 0.3 is 0 Å². The van der Waals surface area contributed by atoms with Crippen molar-refractivity contribution in [3.05, 3.63) is 58.6 Å². The van der Waals surface area contributed by atoms with Crippen molar-refractivity contribution in [1.29, 1.82) is 0 Å². The Morgan fingerprint density at radius 3 is 2.21 bits per heavy atom. The lowest BCUT2D eigenvalue weighted by atomic mass is 10.2. The number of rotatable bonds is 5. The van der Waals surface area contributed by atoms with Crippen LogP contribution in [0.1, 0.15) is 6.92 Å². The summed E-state index contributed by atoms with van der Waals surface area (Å²) >= 11 is 0. The zero-order valence-corrected chi connectivity index (χ0v) is 16.1. The second kappa shape index (κ2) is 7.95. The first-order chi connectivity index (χ1) is 13.3. The van der Waals surface area contributed by atoms with Gasteiger partial charge in [-0.2, -0.15) is 4.31 Å². The van der Waals surface area contributed by atoms with Crippen LogP contribution in [0.4, 0.5) is 17.1 Å². The second-order valence-electron chi connectivity index (χ2n) is 6.34. The van der Waals surface area contributed by atoms with Crippen LogP contribution in [-0.2, 0) is 14.8 Å². The van der Waals surface area contributed by atoms with E-state index in [0.29, 0.717) is 24.5 Å². The summed E-state index contributed by atoms with van der Waals surface area (Å²) in [4.78, 5) is 23.8. The molecule has 10 heteroatoms. The van der Waals surface area contributed by atoms with Crippen LogP contribution in [0.3, 0.4) is 0 Å². The van der Waals surface area contributed by atoms with E-state index in [1.165, 1.54) is 41.6 Å². The van der Waals surface area contributed by atoms with Gasteiger partial charge in [0.2, 0.25) is 15.9 Å². The third-order valence-electron chi connectivity index (χ3n) is 4.47. The fourth-order valence-electron chi connectivity index (χ4n) is 3.12. The van der Waals surface area contributed by atoms with Crippen LogP contribution in [0.15, 0.2) is 53.4 Å². The van der Waals surface area contributed by atoms with Crippen molar-refractivity contribution >= 4 is 33.0 Å². The third kappa shape index (κ3) is 4.12. The van der Waals surface area contributed by atoms with Crippen molar-refractivity contribution in [2.45, 2.75) is 11.8 Å². The van der Waals surface area contributed by atoms with Crippen molar-refractivity contribution in [2.24, 2.45) is 0 Å². The number of sulfonamides is 1. The minimum atomic E-state index is -3.68. The molecule has 0 radical (unpaired) electrons. The van der Waals surface area contributed by atoms with Crippen LogP contribution in [0.2, 0.25) is 0 Å². The summed E-state index contributed by atoms with van der Waals surface area (Å²) in [5, 5.41) is 13.8. The van der Waals surface area contributed by atoms with E-state index in [1.807, 2.05) is 4.90 Å². The summed E-state index contributed by atoms with van der Waals surface area (Å²) in [5.41, 5.74) is 1.02. The number of nitro benzene ring substituents is 1. The summed E-state index contributed by atoms with van der Waals surface area (Å²) in [6.07, 6.45) is 0. The largest absolute Gasteiger partial charge is 0.363 e. The summed E-state index contributed by atoms with van der Waals surface area (Å²) in [6.45, 7) is 2.53. The van der Waals surface area contributed by atoms with E-state index < -0.39 is 14.9 Å². The van der Waals surface area contributed by atoms with E-state index >= 15 is 0 Å². The molecule has 0 bridgehead atoms. The van der Waals surface area contributed by atoms with Crippen LogP contribution in [0.25, 0.3) is 0 Å². The Balaban J connectivity index is 1.72. The standard InChI is InChI=1S/C18H20N4O5S/c1-14(23)19-15-6-8-16(9-7-15)28(26,27)21-12-10-20(11-13-21)17-4-2-3-5-18(17)22(24)25/h2-9H,10-13H2,1H3,(H,19,23). The van der Waals surface area contributed by atoms with Crippen LogP contribution in [0, 0.1) is 10.1 Å². The predicted molar refractivity (Wildman–Crippen MR) is 105 cm³/mol. The summed E-state index contributed by atoms with van der Waals surface area (Å²) in [7, 11) is -3.68. The first-order valence-electron chi connectivity index (χ1n) is 8.65. The molecule has 3 rings (SSSR count). The maximum absolute atomic E-state index is 12.9. The molecular formula is C18H20N4O5S. The number of benzene rings is 2. The minimum absolute atomic E-state index is 0.00682. The Hall–Kier alpha value is -2.98. The fourth-order valence-corrected chi connectivity index (χ4v) is 4.54. The lowest BCUT2D eigenvalue weighted by Gasteiger charge is -2.35. The molecule has 1 aliphatic rings. The second-order valence-corrected chi connectivity index (χ2v) is 8.28. The average molecular weight is 404 g/mol. The molecule has 1 saturated heterocycles. The quantitative estimate of drug-likeness (QED) is 0.603. The van der Waals surface area contributed by atoms with Gasteiger partial charge in [-0.3, -0.25) is 14.9 Å². The van der Waals surface area contributed by atoms with E-state index in [2.05, 4.69) is 5.32 Å². The van der Waals surface area contributed by atoms with Gasteiger partial charge in [0.25, 0.3) is 5.69 Å². The van der Waals surface area contributed by atoms with E-state index in [4.69, 9.17) is 0 Å². The van der Waals surface area contributed by atoms with Gasteiger partial charge in [0.15, 0.2) is 0 Å². The zero-order valence-electron chi connectivity index (χ0n) is 15.2. The molecule has 2 aromatic rings. The topological polar surface area (TPSA) is 113 Å². The monoisotopic (exact) mass is 404 g/mol. The van der Waals surface area contributed by atoms with Crippen molar-refractivity contribution in [2.75, 3.05) is 36.4 Å². The number of nitrogens with zero attached hydrogens (tertiary/aromatic N) is 3. The summed E-state index contributed by atoms with van der Waals surface area (Å²) in [5.74, 6) is -0.235. The molecule has 1 amide bonds. The van der Waals surface area contributed by atoms with E-state index in [1.54, 1.807) is 18.2 Å². The van der Waals surface area contributed by atoms with Gasteiger partial charge in [-0.05, 0) is 30.3 Å². The van der Waals surface area contributed by atoms with Crippen molar-refractivity contribution in [3.8, 4) is 0 Å². The highest BCUT2D eigenvalue weighted by Crippen LogP contribution is 2.29. The van der Waals surface area contributed by atoms with Crippen molar-refractivity contribution < 1.29 is 18.1 Å². The van der Waals surface area contributed by atoms with E-state index in [-0.39, 0.29) is 29.6 Å². The Bertz CT molecular complexity index is 983. The first-order valence-corrected chi connectivity index (χ1v) is 10.1. The van der Waals surface area contributed by atoms with Crippen LogP contribution in [-0.4, -0.2) is 49.7 Å². The molecule has 0 aliphatic carbocycles. The van der Waals surface area contributed by atoms with Crippen LogP contribution in [0.5, 0.6) is 0 Å². The SMILES string of the molecule is CC(=O)Nc1ccc(S(=O)(=O)N2CCN(c3ccccc3[N+](=O)[O-])CC2)cc1. The number of nitrogens with one attached hydrogen (secondary N) is 1. The van der Waals surface area contributed by atoms with E-state index in [0.717, 1.165) is 0 Å². The molecule has 0 saturated carbocycles. The van der Waals surface area contributed by atoms with Gasteiger partial charge < -0.3 is 10.2 Å². The molecule has 1 fully saturated rings. The normalized spacial score (nSPS) is 15.2. The summed E-state index contributed by atoms with van der Waals surface area (Å²) < 4.78 is 27.1. The molecule has 1 heterocycles. The molecule has 0 aromatic heterocycles. The van der Waals surface area contributed by atoms with Gasteiger partial charge in [0.05, 0.1) is 9.82 Å².